The van der Waals surface area contributed by atoms with Gasteiger partial charge in [0.25, 0.3) is 30.2 Å². The van der Waals surface area contributed by atoms with Crippen LogP contribution in [0.4, 0.5) is 9.59 Å². The molecule has 1 aromatic heterocycles. The molecule has 2 amide bonds. The Bertz CT molecular complexity index is 1390. The number of carbonyl (C=O) groups is 2. The topological polar surface area (TPSA) is 253 Å². The molecule has 0 bridgehead atoms. The van der Waals surface area contributed by atoms with Gasteiger partial charge in [0.1, 0.15) is 8.42 Å². The first kappa shape index (κ1) is 37.6. The molecule has 0 aliphatic carbocycles. The van der Waals surface area contributed by atoms with Gasteiger partial charge in [-0.25, -0.2) is 31.1 Å². The molecule has 0 saturated heterocycles. The van der Waals surface area contributed by atoms with Crippen LogP contribution in [-0.4, -0.2) is 108 Å². The highest BCUT2D eigenvalue weighted by atomic mass is 32.3. The van der Waals surface area contributed by atoms with Crippen LogP contribution in [0.3, 0.4) is 0 Å². The highest BCUT2D eigenvalue weighted by Crippen LogP contribution is 2.42. The maximum absolute atomic E-state index is 13.5. The molecule has 45 heavy (non-hydrogen) atoms. The van der Waals surface area contributed by atoms with Crippen LogP contribution in [0.15, 0.2) is 14.5 Å². The molecule has 0 radical (unpaired) electrons. The zero-order chi connectivity index (χ0) is 33.6. The first-order valence-corrected chi connectivity index (χ1v) is 17.3. The Labute approximate surface area is 262 Å². The molecule has 1 N–H and O–H groups in total. The van der Waals surface area contributed by atoms with Crippen LogP contribution in [-0.2, 0) is 43.9 Å². The number of amides is 2. The fourth-order valence-electron chi connectivity index (χ4n) is 4.06. The van der Waals surface area contributed by atoms with Gasteiger partial charge in [-0.05, 0) is 45.1 Å². The second kappa shape index (κ2) is 17.8. The molecule has 1 atom stereocenters. The van der Waals surface area contributed by atoms with Gasteiger partial charge in [-0.2, -0.15) is 4.31 Å². The Morgan fingerprint density at radius 2 is 1.60 bits per heavy atom. The van der Waals surface area contributed by atoms with E-state index in [-0.39, 0.29) is 88.1 Å². The minimum absolute atomic E-state index is 0.00637. The summed E-state index contributed by atoms with van der Waals surface area (Å²) in [6.07, 6.45) is -1.08. The van der Waals surface area contributed by atoms with Gasteiger partial charge in [0, 0.05) is 38.9 Å². The van der Waals surface area contributed by atoms with Crippen molar-refractivity contribution in [2.45, 2.75) is 53.5 Å². The van der Waals surface area contributed by atoms with Gasteiger partial charge in [0.05, 0.1) is 32.5 Å². The van der Waals surface area contributed by atoms with Crippen molar-refractivity contribution < 1.29 is 60.5 Å². The van der Waals surface area contributed by atoms with E-state index in [0.29, 0.717) is 17.8 Å². The highest BCUT2D eigenvalue weighted by Gasteiger charge is 2.43. The van der Waals surface area contributed by atoms with Crippen molar-refractivity contribution in [1.29, 1.82) is 0 Å². The first-order chi connectivity index (χ1) is 21.2. The van der Waals surface area contributed by atoms with E-state index in [2.05, 4.69) is 9.68 Å². The molecule has 0 saturated carbocycles. The molecule has 23 heteroatoms. The van der Waals surface area contributed by atoms with E-state index < -0.39 is 52.7 Å². The average Bonchev–Trinajstić information content (AvgIpc) is 3.43. The van der Waals surface area contributed by atoms with E-state index in [4.69, 9.17) is 14.2 Å². The number of sulfonamides is 2. The van der Waals surface area contributed by atoms with Gasteiger partial charge in [0.2, 0.25) is 0 Å². The fraction of sp³-hybridized carbons (Fsp3) is 0.727. The Hall–Kier alpha value is -3.54. The number of carbonyl (C=O) groups excluding carboxylic acids is 2. The Morgan fingerprint density at radius 1 is 1.02 bits per heavy atom. The maximum Gasteiger partial charge on any atom is 0.421 e. The molecule has 1 aliphatic rings. The first-order valence-electron chi connectivity index (χ1n) is 13.5. The van der Waals surface area contributed by atoms with Crippen LogP contribution in [0.5, 0.6) is 0 Å². The molecule has 256 valence electrons. The third-order valence-electron chi connectivity index (χ3n) is 6.13. The van der Waals surface area contributed by atoms with Crippen LogP contribution >= 0.6 is 11.3 Å². The zero-order valence-corrected chi connectivity index (χ0v) is 26.9. The summed E-state index contributed by atoms with van der Waals surface area (Å²) in [6, 6.07) is 0.111. The van der Waals surface area contributed by atoms with Crippen molar-refractivity contribution in [2.75, 3.05) is 59.8 Å². The van der Waals surface area contributed by atoms with Crippen LogP contribution < -0.4 is 4.72 Å². The van der Waals surface area contributed by atoms with Crippen molar-refractivity contribution in [3.8, 4) is 0 Å². The molecule has 0 unspecified atom stereocenters. The quantitative estimate of drug-likeness (QED) is 0.115. The van der Waals surface area contributed by atoms with E-state index in [1.54, 1.807) is 11.6 Å². The number of methoxy groups -OCH3 is 1. The summed E-state index contributed by atoms with van der Waals surface area (Å²) < 4.78 is 70.2. The maximum atomic E-state index is 13.5. The van der Waals surface area contributed by atoms with Gasteiger partial charge in [-0.15, -0.1) is 31.6 Å². The summed E-state index contributed by atoms with van der Waals surface area (Å²) >= 11 is 0.397. The van der Waals surface area contributed by atoms with Crippen molar-refractivity contribution in [3.63, 3.8) is 0 Å². The number of thiophene rings is 1. The number of nitrogens with zero attached hydrogens (tertiary/aromatic N) is 4. The number of unbranched alkanes of at least 4 members (excludes halogenated alkanes) is 2. The van der Waals surface area contributed by atoms with Crippen molar-refractivity contribution in [1.82, 2.24) is 13.9 Å². The Kier molecular flexibility index (Phi) is 14.9. The van der Waals surface area contributed by atoms with Gasteiger partial charge >= 0.3 is 12.2 Å². The molecular weight excluding hydrogens is 670 g/mol. The molecule has 1 aliphatic heterocycles. The van der Waals surface area contributed by atoms with Gasteiger partial charge in [-0.1, -0.05) is 0 Å². The van der Waals surface area contributed by atoms with Gasteiger partial charge < -0.3 is 28.8 Å². The average molecular weight is 706 g/mol. The second-order valence-corrected chi connectivity index (χ2v) is 14.3. The summed E-state index contributed by atoms with van der Waals surface area (Å²) in [5, 5.41) is 18.5. The van der Waals surface area contributed by atoms with Gasteiger partial charge in [-0.3, -0.25) is 0 Å². The van der Waals surface area contributed by atoms with Crippen molar-refractivity contribution >= 4 is 43.6 Å². The standard InChI is InChI=1S/C22H35N5O15S3/c1-3-25(22(29)40-12-5-7-14-42-27(32)33)18-16-24(9-8-10-38-2)45(36,37)20-17(18)15-19(43-20)44(34,35)23-21(28)39-11-4-6-13-41-26(30)31/h15,18H,3-14,16H2,1-2H3,(H,23,28)/t18-/m0/s1. The summed E-state index contributed by atoms with van der Waals surface area (Å²) in [6.45, 7) is 0.894. The highest BCUT2D eigenvalue weighted by molar-refractivity contribution is 7.94. The monoisotopic (exact) mass is 705 g/mol. The number of fused-ring (bicyclic) bond motifs is 1. The summed E-state index contributed by atoms with van der Waals surface area (Å²) in [5.74, 6) is 0. The summed E-state index contributed by atoms with van der Waals surface area (Å²) in [4.78, 5) is 55.2. The van der Waals surface area contributed by atoms with Crippen LogP contribution in [0.1, 0.15) is 50.6 Å². The molecule has 2 heterocycles. The number of likely N-dealkylation sites (N-methyl/N-ethyl adjacent to an activating group) is 1. The number of hydrogen-bond acceptors (Lipinski definition) is 16. The Morgan fingerprint density at radius 3 is 2.16 bits per heavy atom. The van der Waals surface area contributed by atoms with E-state index in [0.717, 1.165) is 10.4 Å². The Balaban J connectivity index is 2.25. The van der Waals surface area contributed by atoms with Crippen LogP contribution in [0.2, 0.25) is 0 Å². The molecular formula is C22H35N5O15S3. The molecule has 0 fully saturated rings. The number of nitrogens with one attached hydrogen (secondary N) is 1. The van der Waals surface area contributed by atoms with E-state index in [9.17, 15) is 46.7 Å². The number of hydrogen-bond donors (Lipinski definition) is 1. The fourth-order valence-corrected chi connectivity index (χ4v) is 8.82. The number of rotatable bonds is 20. The third kappa shape index (κ3) is 11.4. The second-order valence-electron chi connectivity index (χ2n) is 9.20. The largest absolute Gasteiger partial charge is 0.449 e. The van der Waals surface area contributed by atoms with Crippen molar-refractivity contribution in [2.24, 2.45) is 0 Å². The minimum atomic E-state index is -4.62. The van der Waals surface area contributed by atoms with Gasteiger partial charge in [0.15, 0.2) is 0 Å². The molecule has 0 aromatic carbocycles. The normalized spacial score (nSPS) is 15.8. The summed E-state index contributed by atoms with van der Waals surface area (Å²) in [5.41, 5.74) is 0.0145. The smallest absolute Gasteiger partial charge is 0.421 e. The van der Waals surface area contributed by atoms with E-state index in [1.807, 2.05) is 0 Å². The predicted octanol–water partition coefficient (Wildman–Crippen LogP) is 1.68. The lowest BCUT2D eigenvalue weighted by molar-refractivity contribution is -0.757. The van der Waals surface area contributed by atoms with Crippen molar-refractivity contribution in [3.05, 3.63) is 31.9 Å². The lowest BCUT2D eigenvalue weighted by Gasteiger charge is -2.37. The SMILES string of the molecule is CCN(C(=O)OCCCCO[N+](=O)[O-])[C@H]1CN(CCCOC)S(=O)(=O)c2sc(S(=O)(=O)NC(=O)OCCCCO[N+](=O)[O-])cc21. The number of ether oxygens (including phenoxy) is 3. The molecule has 0 spiro atoms. The summed E-state index contributed by atoms with van der Waals surface area (Å²) in [7, 11) is -7.39. The molecule has 2 rings (SSSR count). The van der Waals surface area contributed by atoms with Crippen LogP contribution in [0, 0.1) is 20.2 Å². The third-order valence-corrected chi connectivity index (χ3v) is 11.5. The zero-order valence-electron chi connectivity index (χ0n) is 24.5. The lowest BCUT2D eigenvalue weighted by Crippen LogP contribution is -2.47. The predicted molar refractivity (Wildman–Crippen MR) is 152 cm³/mol. The minimum Gasteiger partial charge on any atom is -0.449 e. The van der Waals surface area contributed by atoms with Crippen LogP contribution in [0.25, 0.3) is 0 Å². The van der Waals surface area contributed by atoms with E-state index >= 15 is 0 Å². The van der Waals surface area contributed by atoms with E-state index in [1.165, 1.54) is 12.0 Å². The lowest BCUT2D eigenvalue weighted by atomic mass is 10.1. The molecule has 20 nitrogen and oxygen atoms in total. The molecule has 1 aromatic rings.